The van der Waals surface area contributed by atoms with Gasteiger partial charge in [0.1, 0.15) is 48.3 Å². The molecule has 0 aliphatic carbocycles. The number of carboxylic acids is 1. The maximum atomic E-state index is 13.7. The zero-order chi connectivity index (χ0) is 44.3. The van der Waals surface area contributed by atoms with Gasteiger partial charge >= 0.3 is 5.97 Å². The summed E-state index contributed by atoms with van der Waals surface area (Å²) in [6.07, 6.45) is -1.05. The number of aliphatic hydroxyl groups excluding tert-OH is 3. The van der Waals surface area contributed by atoms with Crippen molar-refractivity contribution in [1.82, 2.24) is 36.8 Å². The molecule has 0 aromatic heterocycles. The number of likely N-dealkylation sites (tertiary alicyclic amines) is 1. The zero-order valence-corrected chi connectivity index (χ0v) is 33.7. The Morgan fingerprint density at radius 2 is 1.31 bits per heavy atom. The van der Waals surface area contributed by atoms with Crippen LogP contribution in [0.25, 0.3) is 0 Å². The summed E-state index contributed by atoms with van der Waals surface area (Å²) in [5, 5.41) is 53.2. The van der Waals surface area contributed by atoms with Gasteiger partial charge in [-0.2, -0.15) is 12.6 Å². The molecule has 24 heteroatoms. The second-order valence-electron chi connectivity index (χ2n) is 14.3. The van der Waals surface area contributed by atoms with Crippen LogP contribution in [0.5, 0.6) is 0 Å². The minimum Gasteiger partial charge on any atom is -0.480 e. The van der Waals surface area contributed by atoms with Crippen LogP contribution in [0.3, 0.4) is 0 Å². The number of aliphatic carboxylic acids is 1. The van der Waals surface area contributed by atoms with Crippen LogP contribution in [0.15, 0.2) is 0 Å². The summed E-state index contributed by atoms with van der Waals surface area (Å²) in [5.74, 6) is -9.41. The number of thiol groups is 1. The maximum absolute atomic E-state index is 13.7. The number of unbranched alkanes of at least 4 members (excludes halogenated alkanes) is 1. The molecule has 1 aliphatic rings. The fraction of sp³-hybridized carbons (Fsp3) is 0.735. The number of hydrogen-bond acceptors (Lipinski definition) is 15. The van der Waals surface area contributed by atoms with E-state index in [1.54, 1.807) is 13.8 Å². The Bertz CT molecular complexity index is 1460. The van der Waals surface area contributed by atoms with Gasteiger partial charge in [0.05, 0.1) is 25.7 Å². The summed E-state index contributed by atoms with van der Waals surface area (Å²) in [6.45, 7) is 3.19. The number of primary amides is 1. The number of rotatable bonds is 26. The van der Waals surface area contributed by atoms with E-state index < -0.39 is 127 Å². The predicted molar refractivity (Wildman–Crippen MR) is 208 cm³/mol. The molecule has 0 bridgehead atoms. The summed E-state index contributed by atoms with van der Waals surface area (Å²) in [5.41, 5.74) is 16.4. The van der Waals surface area contributed by atoms with Crippen LogP contribution in [0.4, 0.5) is 0 Å². The van der Waals surface area contributed by atoms with Crippen molar-refractivity contribution >= 4 is 65.9 Å². The molecule has 0 aromatic carbocycles. The van der Waals surface area contributed by atoms with Crippen molar-refractivity contribution < 1.29 is 63.6 Å². The summed E-state index contributed by atoms with van der Waals surface area (Å²) in [6, 6.07) is -11.6. The number of aliphatic hydroxyl groups is 3. The molecule has 0 aromatic rings. The van der Waals surface area contributed by atoms with Gasteiger partial charge in [-0.25, -0.2) is 4.79 Å². The van der Waals surface area contributed by atoms with Crippen molar-refractivity contribution in [2.45, 2.75) is 120 Å². The van der Waals surface area contributed by atoms with Gasteiger partial charge in [0.25, 0.3) is 0 Å². The molecular weight excluding hydrogens is 788 g/mol. The van der Waals surface area contributed by atoms with Crippen molar-refractivity contribution in [3.8, 4) is 0 Å². The second kappa shape index (κ2) is 25.7. The predicted octanol–water partition coefficient (Wildman–Crippen LogP) is -6.36. The van der Waals surface area contributed by atoms with Gasteiger partial charge in [0, 0.05) is 12.3 Å². The van der Waals surface area contributed by atoms with Gasteiger partial charge < -0.3 is 74.4 Å². The van der Waals surface area contributed by atoms with Crippen LogP contribution >= 0.6 is 12.6 Å². The summed E-state index contributed by atoms with van der Waals surface area (Å²) < 4.78 is 0. The van der Waals surface area contributed by atoms with Gasteiger partial charge in [0.15, 0.2) is 0 Å². The third-order valence-electron chi connectivity index (χ3n) is 8.99. The first-order valence-electron chi connectivity index (χ1n) is 18.8. The number of nitrogens with one attached hydrogen (secondary N) is 6. The van der Waals surface area contributed by atoms with Crippen molar-refractivity contribution in [3.05, 3.63) is 0 Å². The molecule has 330 valence electrons. The van der Waals surface area contributed by atoms with Crippen molar-refractivity contribution in [2.75, 3.05) is 32.1 Å². The number of carbonyl (C=O) groups excluding carboxylic acids is 8. The Morgan fingerprint density at radius 3 is 1.83 bits per heavy atom. The number of hydrogen-bond donors (Lipinski definition) is 14. The summed E-state index contributed by atoms with van der Waals surface area (Å²) in [7, 11) is 0. The lowest BCUT2D eigenvalue weighted by molar-refractivity contribution is -0.144. The van der Waals surface area contributed by atoms with Crippen LogP contribution in [0.1, 0.15) is 65.7 Å². The molecule has 1 fully saturated rings. The summed E-state index contributed by atoms with van der Waals surface area (Å²) >= 11 is 3.92. The van der Waals surface area contributed by atoms with Crippen LogP contribution < -0.4 is 49.1 Å². The van der Waals surface area contributed by atoms with Crippen molar-refractivity contribution in [3.63, 3.8) is 0 Å². The van der Waals surface area contributed by atoms with Crippen LogP contribution in [0.2, 0.25) is 0 Å². The Balaban J connectivity index is 3.19. The highest BCUT2D eigenvalue weighted by molar-refractivity contribution is 7.80. The lowest BCUT2D eigenvalue weighted by atomic mass is 10.0. The first kappa shape index (κ1) is 51.4. The molecule has 0 radical (unpaired) electrons. The zero-order valence-electron chi connectivity index (χ0n) is 32.8. The molecule has 9 atom stereocenters. The van der Waals surface area contributed by atoms with Crippen LogP contribution in [-0.4, -0.2) is 165 Å². The van der Waals surface area contributed by atoms with E-state index in [0.29, 0.717) is 12.8 Å². The van der Waals surface area contributed by atoms with E-state index in [2.05, 4.69) is 44.5 Å². The molecule has 58 heavy (non-hydrogen) atoms. The highest BCUT2D eigenvalue weighted by Gasteiger charge is 2.41. The highest BCUT2D eigenvalue weighted by Crippen LogP contribution is 2.19. The Kier molecular flexibility index (Phi) is 22.8. The third-order valence-corrected chi connectivity index (χ3v) is 9.35. The number of carbonyl (C=O) groups is 9. The summed E-state index contributed by atoms with van der Waals surface area (Å²) in [4.78, 5) is 117. The standard InChI is InChI=1S/C34H60N10O13S/c1-16(2)11-20(29(51)42-23(15-58)34(56)57)40-32(54)26(17(3)47)43-31(53)24-8-6-10-44(24)33(55)22(14-46)41-30(52)21(12-25(37)48)39-28(50)19(7-4-5-9-35)38-27(49)18(36)13-45/h16-24,26,45-47,58H,4-15,35-36H2,1-3H3,(H2,37,48)(H,38,49)(H,39,50)(H,40,54)(H,41,52)(H,42,51)(H,43,53)(H,56,57)/t17-,18+,19+,20+,21+,22+,23+,24+,26+/m1/s1. The fourth-order valence-corrected chi connectivity index (χ4v) is 6.09. The largest absolute Gasteiger partial charge is 0.480 e. The highest BCUT2D eigenvalue weighted by atomic mass is 32.1. The molecule has 1 saturated heterocycles. The minimum atomic E-state index is -1.71. The quantitative estimate of drug-likeness (QED) is 0.0284. The number of amides is 8. The minimum absolute atomic E-state index is 0.0308. The maximum Gasteiger partial charge on any atom is 0.327 e. The molecular formula is C34H60N10O13S. The van der Waals surface area contributed by atoms with Gasteiger partial charge in [-0.1, -0.05) is 13.8 Å². The molecule has 0 saturated carbocycles. The number of nitrogens with two attached hydrogens (primary N) is 3. The van der Waals surface area contributed by atoms with E-state index >= 15 is 0 Å². The van der Waals surface area contributed by atoms with E-state index in [4.69, 9.17) is 17.2 Å². The van der Waals surface area contributed by atoms with Gasteiger partial charge in [-0.05, 0) is 57.9 Å². The average molecular weight is 849 g/mol. The Morgan fingerprint density at radius 1 is 0.759 bits per heavy atom. The van der Waals surface area contributed by atoms with Gasteiger partial charge in [-0.15, -0.1) is 0 Å². The average Bonchev–Trinajstić information content (AvgIpc) is 3.66. The topological polar surface area (TPSA) is 388 Å². The lowest BCUT2D eigenvalue weighted by Gasteiger charge is -2.31. The molecule has 1 heterocycles. The molecule has 16 N–H and O–H groups in total. The van der Waals surface area contributed by atoms with Gasteiger partial charge in [-0.3, -0.25) is 38.4 Å². The Hall–Kier alpha value is -4.62. The van der Waals surface area contributed by atoms with Crippen molar-refractivity contribution in [2.24, 2.45) is 23.1 Å². The van der Waals surface area contributed by atoms with E-state index in [-0.39, 0.29) is 50.4 Å². The molecule has 0 spiro atoms. The smallest absolute Gasteiger partial charge is 0.327 e. The lowest BCUT2D eigenvalue weighted by Crippen LogP contribution is -2.62. The van der Waals surface area contributed by atoms with Gasteiger partial charge in [0.2, 0.25) is 47.3 Å². The second-order valence-corrected chi connectivity index (χ2v) is 14.7. The molecule has 23 nitrogen and oxygen atoms in total. The van der Waals surface area contributed by atoms with E-state index in [9.17, 15) is 63.6 Å². The SMILES string of the molecule is CC(C)C[C@H](NC(=O)[C@@H](NC(=O)[C@@H]1CCCN1C(=O)[C@H](CO)NC(=O)[C@H](CC(N)=O)NC(=O)[C@H](CCCCN)NC(=O)[C@@H](N)CO)[C@@H](C)O)C(=O)N[C@@H](CS)C(=O)O. The number of nitrogens with zero attached hydrogens (tertiary/aromatic N) is 1. The molecule has 1 aliphatic heterocycles. The van der Waals surface area contributed by atoms with E-state index in [0.717, 1.165) is 4.90 Å². The normalized spacial score (nSPS) is 18.0. The third kappa shape index (κ3) is 16.7. The first-order chi connectivity index (χ1) is 27.2. The fourth-order valence-electron chi connectivity index (χ4n) is 5.84. The van der Waals surface area contributed by atoms with E-state index in [1.807, 2.05) is 0 Å². The van der Waals surface area contributed by atoms with Crippen molar-refractivity contribution in [1.29, 1.82) is 0 Å². The molecule has 1 rings (SSSR count). The van der Waals surface area contributed by atoms with E-state index in [1.165, 1.54) is 6.92 Å². The number of carboxylic acid groups (broad SMARTS) is 1. The molecule has 0 unspecified atom stereocenters. The first-order valence-corrected chi connectivity index (χ1v) is 19.5. The van der Waals surface area contributed by atoms with Crippen LogP contribution in [0, 0.1) is 5.92 Å². The Labute approximate surface area is 341 Å². The monoisotopic (exact) mass is 848 g/mol. The molecule has 8 amide bonds. The van der Waals surface area contributed by atoms with Crippen LogP contribution in [-0.2, 0) is 43.2 Å².